The number of nitrogens with one attached hydrogen (secondary N) is 3. The molecule has 0 aliphatic rings. The Morgan fingerprint density at radius 2 is 2.19 bits per heavy atom. The van der Waals surface area contributed by atoms with Gasteiger partial charge in [0, 0.05) is 30.1 Å². The molecule has 1 unspecified atom stereocenters. The number of alkyl carbamates (subject to hydrolysis) is 1. The number of nitriles is 1. The van der Waals surface area contributed by atoms with Gasteiger partial charge in [-0.1, -0.05) is 24.3 Å². The van der Waals surface area contributed by atoms with Crippen LogP contribution in [0.3, 0.4) is 0 Å². The largest absolute Gasteiger partial charge is 0.449 e. The van der Waals surface area contributed by atoms with E-state index in [2.05, 4.69) is 22.2 Å². The maximum absolute atomic E-state index is 12.4. The second-order valence-electron chi connectivity index (χ2n) is 5.67. The quantitative estimate of drug-likeness (QED) is 0.475. The molecular formula is C19H22N4O3. The minimum absolute atomic E-state index is 0.200. The molecule has 2 rings (SSSR count). The van der Waals surface area contributed by atoms with Crippen molar-refractivity contribution in [1.29, 1.82) is 5.26 Å². The second kappa shape index (κ2) is 9.89. The first-order valence-electron chi connectivity index (χ1n) is 8.39. The number of carbonyl (C=O) groups excluding carboxylic acids is 2. The van der Waals surface area contributed by atoms with Crippen LogP contribution >= 0.6 is 0 Å². The molecular weight excluding hydrogens is 332 g/mol. The molecule has 7 heteroatoms. The number of amides is 2. The van der Waals surface area contributed by atoms with Crippen LogP contribution in [-0.4, -0.2) is 36.2 Å². The van der Waals surface area contributed by atoms with Crippen LogP contribution in [0.5, 0.6) is 0 Å². The van der Waals surface area contributed by atoms with Gasteiger partial charge in [-0.05, 0) is 18.1 Å². The van der Waals surface area contributed by atoms with Crippen molar-refractivity contribution < 1.29 is 14.3 Å². The Morgan fingerprint density at radius 3 is 2.96 bits per heavy atom. The van der Waals surface area contributed by atoms with Gasteiger partial charge in [-0.2, -0.15) is 5.26 Å². The fourth-order valence-electron chi connectivity index (χ4n) is 2.51. The average Bonchev–Trinajstić information content (AvgIpc) is 3.04. The van der Waals surface area contributed by atoms with E-state index in [1.807, 2.05) is 36.5 Å². The van der Waals surface area contributed by atoms with E-state index in [9.17, 15) is 9.59 Å². The van der Waals surface area contributed by atoms with E-state index in [1.54, 1.807) is 6.08 Å². The first-order chi connectivity index (χ1) is 12.7. The van der Waals surface area contributed by atoms with Gasteiger partial charge >= 0.3 is 6.09 Å². The topological polar surface area (TPSA) is 107 Å². The highest BCUT2D eigenvalue weighted by Gasteiger charge is 2.23. The molecule has 0 bridgehead atoms. The van der Waals surface area contributed by atoms with Gasteiger partial charge in [0.1, 0.15) is 6.04 Å². The summed E-state index contributed by atoms with van der Waals surface area (Å²) >= 11 is 0. The third kappa shape index (κ3) is 5.38. The number of carbonyl (C=O) groups is 2. The number of H-pyrrole nitrogens is 1. The van der Waals surface area contributed by atoms with Gasteiger partial charge in [0.25, 0.3) is 0 Å². The van der Waals surface area contributed by atoms with E-state index in [1.165, 1.54) is 0 Å². The minimum atomic E-state index is -0.802. The molecule has 0 spiro atoms. The zero-order valence-electron chi connectivity index (χ0n) is 14.5. The predicted octanol–water partition coefficient (Wildman–Crippen LogP) is 2.41. The number of fused-ring (bicyclic) bond motifs is 1. The summed E-state index contributed by atoms with van der Waals surface area (Å²) in [6.07, 6.45) is 3.85. The number of aromatic nitrogens is 1. The zero-order valence-corrected chi connectivity index (χ0v) is 14.5. The predicted molar refractivity (Wildman–Crippen MR) is 98.3 cm³/mol. The maximum Gasteiger partial charge on any atom is 0.407 e. The Balaban J connectivity index is 2.08. The lowest BCUT2D eigenvalue weighted by molar-refractivity contribution is -0.123. The third-order valence-corrected chi connectivity index (χ3v) is 3.80. The average molecular weight is 354 g/mol. The van der Waals surface area contributed by atoms with E-state index < -0.39 is 12.1 Å². The Bertz CT molecular complexity index is 806. The van der Waals surface area contributed by atoms with Crippen LogP contribution in [0.15, 0.2) is 43.1 Å². The molecule has 3 N–H and O–H groups in total. The lowest BCUT2D eigenvalue weighted by Crippen LogP contribution is -2.48. The minimum Gasteiger partial charge on any atom is -0.449 e. The van der Waals surface area contributed by atoms with Crippen LogP contribution in [0, 0.1) is 11.3 Å². The molecule has 0 saturated heterocycles. The van der Waals surface area contributed by atoms with Gasteiger partial charge in [0.05, 0.1) is 19.1 Å². The van der Waals surface area contributed by atoms with Crippen molar-refractivity contribution in [3.63, 3.8) is 0 Å². The fourth-order valence-corrected chi connectivity index (χ4v) is 2.51. The highest BCUT2D eigenvalue weighted by Crippen LogP contribution is 2.19. The van der Waals surface area contributed by atoms with E-state index in [-0.39, 0.29) is 25.5 Å². The highest BCUT2D eigenvalue weighted by molar-refractivity contribution is 5.88. The molecule has 0 fully saturated rings. The monoisotopic (exact) mass is 354 g/mol. The molecule has 0 radical (unpaired) electrons. The van der Waals surface area contributed by atoms with Gasteiger partial charge < -0.3 is 20.4 Å². The number of hydrogen-bond acceptors (Lipinski definition) is 4. The van der Waals surface area contributed by atoms with E-state index in [4.69, 9.17) is 10.00 Å². The summed E-state index contributed by atoms with van der Waals surface area (Å²) in [6.45, 7) is 3.99. The van der Waals surface area contributed by atoms with Crippen molar-refractivity contribution in [3.8, 4) is 6.07 Å². The molecule has 0 aliphatic heterocycles. The molecule has 26 heavy (non-hydrogen) atoms. The number of para-hydroxylation sites is 1. The number of rotatable bonds is 9. The summed E-state index contributed by atoms with van der Waals surface area (Å²) in [5.74, 6) is -0.355. The molecule has 1 atom stereocenters. The number of aromatic amines is 1. The number of ether oxygens (including phenoxy) is 1. The first kappa shape index (κ1) is 19.1. The van der Waals surface area contributed by atoms with Gasteiger partial charge in [0.2, 0.25) is 5.91 Å². The highest BCUT2D eigenvalue weighted by atomic mass is 16.5. The van der Waals surface area contributed by atoms with Crippen LogP contribution in [0.1, 0.15) is 18.4 Å². The van der Waals surface area contributed by atoms with Crippen LogP contribution in [0.4, 0.5) is 4.79 Å². The maximum atomic E-state index is 12.4. The molecule has 1 aromatic carbocycles. The lowest BCUT2D eigenvalue weighted by Gasteiger charge is -2.18. The summed E-state index contributed by atoms with van der Waals surface area (Å²) in [5, 5.41) is 14.9. The van der Waals surface area contributed by atoms with Crippen molar-refractivity contribution in [2.24, 2.45) is 0 Å². The molecule has 2 aromatic rings. The summed E-state index contributed by atoms with van der Waals surface area (Å²) < 4.78 is 5.03. The Labute approximate surface area is 152 Å². The molecule has 1 heterocycles. The molecule has 7 nitrogen and oxygen atoms in total. The number of hydrogen-bond donors (Lipinski definition) is 3. The smallest absolute Gasteiger partial charge is 0.407 e. The SMILES string of the molecule is C=CCCOC(=O)NC(Cc1c[nH]c2ccccc12)C(=O)NCCC#N. The van der Waals surface area contributed by atoms with E-state index in [0.29, 0.717) is 12.8 Å². The normalized spacial score (nSPS) is 11.3. The van der Waals surface area contributed by atoms with E-state index >= 15 is 0 Å². The van der Waals surface area contributed by atoms with Crippen LogP contribution < -0.4 is 10.6 Å². The van der Waals surface area contributed by atoms with Crippen LogP contribution in [0.2, 0.25) is 0 Å². The molecule has 2 amide bonds. The van der Waals surface area contributed by atoms with Crippen LogP contribution in [-0.2, 0) is 16.0 Å². The van der Waals surface area contributed by atoms with E-state index in [0.717, 1.165) is 16.5 Å². The Kier molecular flexibility index (Phi) is 7.25. The molecule has 0 aliphatic carbocycles. The molecule has 1 aromatic heterocycles. The van der Waals surface area contributed by atoms with Gasteiger partial charge in [-0.3, -0.25) is 4.79 Å². The molecule has 136 valence electrons. The Morgan fingerprint density at radius 1 is 1.38 bits per heavy atom. The first-order valence-corrected chi connectivity index (χ1v) is 8.39. The fraction of sp³-hybridized carbons (Fsp3) is 0.316. The van der Waals surface area contributed by atoms with Crippen molar-refractivity contribution >= 4 is 22.9 Å². The van der Waals surface area contributed by atoms with Crippen molar-refractivity contribution in [3.05, 3.63) is 48.7 Å². The van der Waals surface area contributed by atoms with Crippen LogP contribution in [0.25, 0.3) is 10.9 Å². The third-order valence-electron chi connectivity index (χ3n) is 3.80. The zero-order chi connectivity index (χ0) is 18.8. The molecule has 0 saturated carbocycles. The second-order valence-corrected chi connectivity index (χ2v) is 5.67. The number of benzene rings is 1. The van der Waals surface area contributed by atoms with Gasteiger partial charge in [0.15, 0.2) is 0 Å². The number of nitrogens with zero attached hydrogens (tertiary/aromatic N) is 1. The summed E-state index contributed by atoms with van der Waals surface area (Å²) in [4.78, 5) is 27.5. The Hall–Kier alpha value is -3.27. The van der Waals surface area contributed by atoms with Gasteiger partial charge in [-0.15, -0.1) is 6.58 Å². The summed E-state index contributed by atoms with van der Waals surface area (Å²) in [7, 11) is 0. The van der Waals surface area contributed by atoms with Crippen molar-refractivity contribution in [2.75, 3.05) is 13.2 Å². The lowest BCUT2D eigenvalue weighted by atomic mass is 10.0. The summed E-state index contributed by atoms with van der Waals surface area (Å²) in [6, 6.07) is 8.89. The van der Waals surface area contributed by atoms with Crippen molar-refractivity contribution in [2.45, 2.75) is 25.3 Å². The van der Waals surface area contributed by atoms with Gasteiger partial charge in [-0.25, -0.2) is 4.79 Å². The van der Waals surface area contributed by atoms with Crippen molar-refractivity contribution in [1.82, 2.24) is 15.6 Å². The standard InChI is InChI=1S/C19H22N4O3/c1-2-3-11-26-19(25)23-17(18(24)21-10-6-9-20)12-14-13-22-16-8-5-4-7-15(14)16/h2,4-5,7-8,13,17,22H,1,3,6,10-12H2,(H,21,24)(H,23,25). The summed E-state index contributed by atoms with van der Waals surface area (Å²) in [5.41, 5.74) is 1.87.